The van der Waals surface area contributed by atoms with Gasteiger partial charge in [-0.25, -0.2) is 4.98 Å². The Labute approximate surface area is 94.6 Å². The van der Waals surface area contributed by atoms with Crippen LogP contribution in [0.4, 0.5) is 0 Å². The Morgan fingerprint density at radius 2 is 2.40 bits per heavy atom. The zero-order valence-corrected chi connectivity index (χ0v) is 10.1. The smallest absolute Gasteiger partial charge is 0.208 e. The standard InChI is InChI=1S/C10H18N4S/c1-7(9-3-4-9)11-5-6-15-10-12-8(2)13-14-10/h7,9,11H,3-6H2,1-2H3,(H,12,13,14). The molecular weight excluding hydrogens is 208 g/mol. The van der Waals surface area contributed by atoms with Gasteiger partial charge in [-0.15, -0.1) is 5.10 Å². The van der Waals surface area contributed by atoms with Gasteiger partial charge in [-0.1, -0.05) is 11.8 Å². The minimum Gasteiger partial charge on any atom is -0.313 e. The number of hydrogen-bond acceptors (Lipinski definition) is 4. The first-order chi connectivity index (χ1) is 7.25. The van der Waals surface area contributed by atoms with Crippen molar-refractivity contribution in [3.8, 4) is 0 Å². The van der Waals surface area contributed by atoms with Gasteiger partial charge in [-0.3, -0.25) is 5.10 Å². The molecule has 5 heteroatoms. The first kappa shape index (κ1) is 11.0. The molecule has 1 saturated carbocycles. The minimum absolute atomic E-state index is 0.680. The topological polar surface area (TPSA) is 53.6 Å². The van der Waals surface area contributed by atoms with Crippen molar-refractivity contribution in [2.45, 2.75) is 37.9 Å². The Bertz CT molecular complexity index is 308. The molecule has 1 aliphatic carbocycles. The molecule has 1 atom stereocenters. The summed E-state index contributed by atoms with van der Waals surface area (Å²) in [4.78, 5) is 4.24. The summed E-state index contributed by atoms with van der Waals surface area (Å²) in [6.45, 7) is 5.24. The van der Waals surface area contributed by atoms with Crippen LogP contribution in [0.1, 0.15) is 25.6 Å². The largest absolute Gasteiger partial charge is 0.313 e. The van der Waals surface area contributed by atoms with E-state index < -0.39 is 0 Å². The van der Waals surface area contributed by atoms with Gasteiger partial charge in [0.25, 0.3) is 0 Å². The second-order valence-corrected chi connectivity index (χ2v) is 5.19. The summed E-state index contributed by atoms with van der Waals surface area (Å²) < 4.78 is 0. The number of hydrogen-bond donors (Lipinski definition) is 2. The number of aromatic nitrogens is 3. The molecule has 1 aliphatic rings. The monoisotopic (exact) mass is 226 g/mol. The molecule has 4 nitrogen and oxygen atoms in total. The Kier molecular flexibility index (Phi) is 3.64. The molecule has 2 rings (SSSR count). The highest BCUT2D eigenvalue weighted by molar-refractivity contribution is 7.99. The second-order valence-electron chi connectivity index (χ2n) is 4.13. The summed E-state index contributed by atoms with van der Waals surface area (Å²) in [5, 5.41) is 11.3. The number of thioether (sulfide) groups is 1. The number of rotatable bonds is 6. The van der Waals surface area contributed by atoms with Crippen LogP contribution >= 0.6 is 11.8 Å². The van der Waals surface area contributed by atoms with Crippen molar-refractivity contribution in [3.05, 3.63) is 5.82 Å². The lowest BCUT2D eigenvalue weighted by atomic mass is 10.2. The summed E-state index contributed by atoms with van der Waals surface area (Å²) in [7, 11) is 0. The third-order valence-electron chi connectivity index (χ3n) is 2.71. The van der Waals surface area contributed by atoms with Crippen LogP contribution in [0.15, 0.2) is 5.16 Å². The van der Waals surface area contributed by atoms with Crippen LogP contribution in [0.2, 0.25) is 0 Å². The number of nitrogens with one attached hydrogen (secondary N) is 2. The lowest BCUT2D eigenvalue weighted by Crippen LogP contribution is -2.29. The summed E-state index contributed by atoms with van der Waals surface area (Å²) in [6, 6.07) is 0.680. The fourth-order valence-electron chi connectivity index (χ4n) is 1.58. The highest BCUT2D eigenvalue weighted by Crippen LogP contribution is 2.32. The Hall–Kier alpha value is -0.550. The van der Waals surface area contributed by atoms with E-state index in [1.165, 1.54) is 12.8 Å². The Balaban J connectivity index is 1.58. The molecule has 1 aromatic heterocycles. The molecule has 0 saturated heterocycles. The first-order valence-electron chi connectivity index (χ1n) is 5.51. The van der Waals surface area contributed by atoms with E-state index >= 15 is 0 Å². The molecule has 0 aromatic carbocycles. The maximum atomic E-state index is 4.24. The van der Waals surface area contributed by atoms with Crippen molar-refractivity contribution in [2.24, 2.45) is 5.92 Å². The van der Waals surface area contributed by atoms with Gasteiger partial charge >= 0.3 is 0 Å². The molecule has 15 heavy (non-hydrogen) atoms. The number of H-pyrrole nitrogens is 1. The lowest BCUT2D eigenvalue weighted by Gasteiger charge is -2.11. The molecule has 1 unspecified atom stereocenters. The van der Waals surface area contributed by atoms with Gasteiger partial charge in [-0.05, 0) is 32.6 Å². The number of nitrogens with zero attached hydrogens (tertiary/aromatic N) is 2. The predicted octanol–water partition coefficient (Wildman–Crippen LogP) is 1.59. The normalized spacial score (nSPS) is 18.0. The molecule has 0 radical (unpaired) electrons. The Morgan fingerprint density at radius 1 is 1.60 bits per heavy atom. The quantitative estimate of drug-likeness (QED) is 0.571. The highest BCUT2D eigenvalue weighted by atomic mass is 32.2. The molecule has 84 valence electrons. The average molecular weight is 226 g/mol. The van der Waals surface area contributed by atoms with Crippen molar-refractivity contribution in [1.82, 2.24) is 20.5 Å². The van der Waals surface area contributed by atoms with E-state index in [4.69, 9.17) is 0 Å². The molecule has 2 N–H and O–H groups in total. The van der Waals surface area contributed by atoms with Gasteiger partial charge in [0.2, 0.25) is 5.16 Å². The van der Waals surface area contributed by atoms with Crippen molar-refractivity contribution in [3.63, 3.8) is 0 Å². The van der Waals surface area contributed by atoms with E-state index in [0.29, 0.717) is 6.04 Å². The molecule has 0 aliphatic heterocycles. The third-order valence-corrected chi connectivity index (χ3v) is 3.55. The second kappa shape index (κ2) is 4.99. The zero-order chi connectivity index (χ0) is 10.7. The average Bonchev–Trinajstić information content (AvgIpc) is 2.98. The molecule has 0 spiro atoms. The molecule has 0 amide bonds. The summed E-state index contributed by atoms with van der Waals surface area (Å²) in [5.41, 5.74) is 0. The van der Waals surface area contributed by atoms with E-state index in [2.05, 4.69) is 27.4 Å². The van der Waals surface area contributed by atoms with Gasteiger partial charge in [-0.2, -0.15) is 0 Å². The lowest BCUT2D eigenvalue weighted by molar-refractivity contribution is 0.514. The van der Waals surface area contributed by atoms with E-state index in [9.17, 15) is 0 Å². The summed E-state index contributed by atoms with van der Waals surface area (Å²) in [5.74, 6) is 2.85. The van der Waals surface area contributed by atoms with Crippen molar-refractivity contribution in [2.75, 3.05) is 12.3 Å². The minimum atomic E-state index is 0.680. The predicted molar refractivity (Wildman–Crippen MR) is 62.0 cm³/mol. The highest BCUT2D eigenvalue weighted by Gasteiger charge is 2.27. The molecule has 0 bridgehead atoms. The number of aromatic amines is 1. The molecule has 1 aromatic rings. The molecule has 1 heterocycles. The number of aryl methyl sites for hydroxylation is 1. The van der Waals surface area contributed by atoms with Crippen molar-refractivity contribution >= 4 is 11.8 Å². The van der Waals surface area contributed by atoms with Gasteiger partial charge in [0.05, 0.1) is 0 Å². The van der Waals surface area contributed by atoms with Crippen LogP contribution in [0.5, 0.6) is 0 Å². The van der Waals surface area contributed by atoms with Crippen LogP contribution < -0.4 is 5.32 Å². The molecular formula is C10H18N4S. The summed E-state index contributed by atoms with van der Waals surface area (Å²) >= 11 is 1.70. The van der Waals surface area contributed by atoms with Crippen LogP contribution in [0.3, 0.4) is 0 Å². The SMILES string of the molecule is Cc1nc(SCCNC(C)C2CC2)n[nH]1. The van der Waals surface area contributed by atoms with Gasteiger partial charge in [0.15, 0.2) is 0 Å². The van der Waals surface area contributed by atoms with Gasteiger partial charge in [0.1, 0.15) is 5.82 Å². The van der Waals surface area contributed by atoms with E-state index in [1.807, 2.05) is 6.92 Å². The van der Waals surface area contributed by atoms with Gasteiger partial charge in [0, 0.05) is 18.3 Å². The maximum Gasteiger partial charge on any atom is 0.208 e. The van der Waals surface area contributed by atoms with Crippen LogP contribution in [-0.2, 0) is 0 Å². The van der Waals surface area contributed by atoms with Crippen molar-refractivity contribution < 1.29 is 0 Å². The zero-order valence-electron chi connectivity index (χ0n) is 9.29. The van der Waals surface area contributed by atoms with Crippen LogP contribution in [0.25, 0.3) is 0 Å². The van der Waals surface area contributed by atoms with Crippen LogP contribution in [-0.4, -0.2) is 33.5 Å². The Morgan fingerprint density at radius 3 is 3.00 bits per heavy atom. The van der Waals surface area contributed by atoms with Crippen molar-refractivity contribution in [1.29, 1.82) is 0 Å². The third kappa shape index (κ3) is 3.50. The van der Waals surface area contributed by atoms with E-state index in [0.717, 1.165) is 29.2 Å². The van der Waals surface area contributed by atoms with E-state index in [1.54, 1.807) is 11.8 Å². The summed E-state index contributed by atoms with van der Waals surface area (Å²) in [6.07, 6.45) is 2.81. The molecule has 1 fully saturated rings. The van der Waals surface area contributed by atoms with E-state index in [-0.39, 0.29) is 0 Å². The maximum absolute atomic E-state index is 4.24. The fraction of sp³-hybridized carbons (Fsp3) is 0.800. The fourth-order valence-corrected chi connectivity index (χ4v) is 2.29. The van der Waals surface area contributed by atoms with Crippen LogP contribution in [0, 0.1) is 12.8 Å². The van der Waals surface area contributed by atoms with Gasteiger partial charge < -0.3 is 5.32 Å². The first-order valence-corrected chi connectivity index (χ1v) is 6.49.